The molecule has 0 N–H and O–H groups in total. The quantitative estimate of drug-likeness (QED) is 0.586. The van der Waals surface area contributed by atoms with Gasteiger partial charge in [-0.2, -0.15) is 0 Å². The molecule has 0 unspecified atom stereocenters. The third-order valence-corrected chi connectivity index (χ3v) is 3.01. The van der Waals surface area contributed by atoms with Crippen molar-refractivity contribution >= 4 is 33.3 Å². The van der Waals surface area contributed by atoms with Crippen LogP contribution in [0.3, 0.4) is 0 Å². The maximum atomic E-state index is 5.78. The van der Waals surface area contributed by atoms with Gasteiger partial charge < -0.3 is 4.90 Å². The Morgan fingerprint density at radius 1 is 1.33 bits per heavy atom. The van der Waals surface area contributed by atoms with Crippen LogP contribution in [0.2, 0.25) is 5.02 Å². The molecule has 0 amide bonds. The Balaban J connectivity index is 2.33. The molecule has 0 bridgehead atoms. The van der Waals surface area contributed by atoms with E-state index in [-0.39, 0.29) is 0 Å². The van der Waals surface area contributed by atoms with Gasteiger partial charge in [0.05, 0.1) is 5.02 Å². The summed E-state index contributed by atoms with van der Waals surface area (Å²) in [6.45, 7) is 1.04. The van der Waals surface area contributed by atoms with Gasteiger partial charge in [-0.1, -0.05) is 34.0 Å². The summed E-state index contributed by atoms with van der Waals surface area (Å²) in [4.78, 5) is 6.42. The second kappa shape index (κ2) is 7.07. The summed E-state index contributed by atoms with van der Waals surface area (Å²) >= 11 is 9.20. The molecule has 0 aliphatic heterocycles. The number of hydrogen-bond donors (Lipinski definition) is 0. The molecule has 2 nitrogen and oxygen atoms in total. The molecule has 0 aromatic carbocycles. The van der Waals surface area contributed by atoms with Gasteiger partial charge in [0.15, 0.2) is 0 Å². The number of rotatable bonds is 6. The molecule has 1 heterocycles. The zero-order valence-corrected chi connectivity index (χ0v) is 11.3. The molecule has 15 heavy (non-hydrogen) atoms. The van der Waals surface area contributed by atoms with Crippen LogP contribution in [0, 0.1) is 0 Å². The van der Waals surface area contributed by atoms with Gasteiger partial charge in [0.25, 0.3) is 0 Å². The van der Waals surface area contributed by atoms with Crippen LogP contribution in [0.25, 0.3) is 0 Å². The predicted octanol–water partition coefficient (Wildman–Crippen LogP) is 3.74. The minimum Gasteiger partial charge on any atom is -0.360 e. The monoisotopic (exact) mass is 290 g/mol. The van der Waals surface area contributed by atoms with Crippen LogP contribution in [-0.2, 0) is 0 Å². The average Bonchev–Trinajstić information content (AvgIpc) is 2.25. The lowest BCUT2D eigenvalue weighted by Crippen LogP contribution is -2.19. The number of halogens is 2. The summed E-state index contributed by atoms with van der Waals surface area (Å²) < 4.78 is 0. The van der Waals surface area contributed by atoms with E-state index in [0.29, 0.717) is 5.02 Å². The van der Waals surface area contributed by atoms with Crippen molar-refractivity contribution in [1.29, 1.82) is 0 Å². The Morgan fingerprint density at radius 3 is 2.73 bits per heavy atom. The smallest absolute Gasteiger partial charge is 0.128 e. The molecule has 0 radical (unpaired) electrons. The topological polar surface area (TPSA) is 16.1 Å². The highest BCUT2D eigenvalue weighted by molar-refractivity contribution is 9.09. The lowest BCUT2D eigenvalue weighted by atomic mass is 10.2. The second-order valence-corrected chi connectivity index (χ2v) is 4.74. The molecule has 4 heteroatoms. The van der Waals surface area contributed by atoms with Gasteiger partial charge in [-0.05, 0) is 25.0 Å². The van der Waals surface area contributed by atoms with Gasteiger partial charge in [0.1, 0.15) is 5.82 Å². The Hall–Kier alpha value is -0.280. The van der Waals surface area contributed by atoms with Gasteiger partial charge in [-0.25, -0.2) is 4.98 Å². The highest BCUT2D eigenvalue weighted by Gasteiger charge is 2.01. The highest BCUT2D eigenvalue weighted by atomic mass is 79.9. The third-order valence-electron chi connectivity index (χ3n) is 2.23. The molecule has 84 valence electrons. The van der Waals surface area contributed by atoms with E-state index < -0.39 is 0 Å². The zero-order chi connectivity index (χ0) is 11.1. The first kappa shape index (κ1) is 12.8. The number of alkyl halides is 1. The standard InChI is InChI=1S/C11H16BrClN2/c1-15(8-4-2-3-7-12)11-6-5-10(13)9-14-11/h5-6,9H,2-4,7-8H2,1H3. The van der Waals surface area contributed by atoms with Gasteiger partial charge in [0.2, 0.25) is 0 Å². The number of nitrogens with zero attached hydrogens (tertiary/aromatic N) is 2. The number of pyridine rings is 1. The average molecular weight is 292 g/mol. The van der Waals surface area contributed by atoms with Gasteiger partial charge in [-0.3, -0.25) is 0 Å². The number of anilines is 1. The van der Waals surface area contributed by atoms with Gasteiger partial charge in [-0.15, -0.1) is 0 Å². The van der Waals surface area contributed by atoms with Crippen molar-refractivity contribution in [3.63, 3.8) is 0 Å². The summed E-state index contributed by atoms with van der Waals surface area (Å²) in [6, 6.07) is 3.83. The summed E-state index contributed by atoms with van der Waals surface area (Å²) in [7, 11) is 2.06. The fourth-order valence-corrected chi connectivity index (χ4v) is 1.84. The second-order valence-electron chi connectivity index (χ2n) is 3.51. The summed E-state index contributed by atoms with van der Waals surface area (Å²) in [5.41, 5.74) is 0. The van der Waals surface area contributed by atoms with Crippen LogP contribution in [-0.4, -0.2) is 23.9 Å². The number of unbranched alkanes of at least 4 members (excludes halogenated alkanes) is 2. The summed E-state index contributed by atoms with van der Waals surface area (Å²) in [5, 5.41) is 1.78. The van der Waals surface area contributed by atoms with Crippen molar-refractivity contribution < 1.29 is 0 Å². The SMILES string of the molecule is CN(CCCCCBr)c1ccc(Cl)cn1. The van der Waals surface area contributed by atoms with Crippen LogP contribution in [0.1, 0.15) is 19.3 Å². The molecule has 0 aliphatic rings. The van der Waals surface area contributed by atoms with Crippen LogP contribution in [0.15, 0.2) is 18.3 Å². The maximum Gasteiger partial charge on any atom is 0.128 e. The fraction of sp³-hybridized carbons (Fsp3) is 0.545. The molecule has 1 aromatic heterocycles. The largest absolute Gasteiger partial charge is 0.360 e. The molecule has 1 rings (SSSR count). The first-order valence-electron chi connectivity index (χ1n) is 5.12. The number of hydrogen-bond acceptors (Lipinski definition) is 2. The molecule has 0 atom stereocenters. The van der Waals surface area contributed by atoms with Crippen LogP contribution in [0.4, 0.5) is 5.82 Å². The minimum absolute atomic E-state index is 0.687. The number of aromatic nitrogens is 1. The van der Waals surface area contributed by atoms with E-state index in [1.807, 2.05) is 12.1 Å². The fourth-order valence-electron chi connectivity index (χ4n) is 1.33. The van der Waals surface area contributed by atoms with E-state index in [1.54, 1.807) is 6.20 Å². The maximum absolute atomic E-state index is 5.78. The normalized spacial score (nSPS) is 10.3. The van der Waals surface area contributed by atoms with E-state index in [9.17, 15) is 0 Å². The summed E-state index contributed by atoms with van der Waals surface area (Å²) in [5.74, 6) is 0.984. The lowest BCUT2D eigenvalue weighted by molar-refractivity contribution is 0.707. The Morgan fingerprint density at radius 2 is 2.13 bits per heavy atom. The van der Waals surface area contributed by atoms with Crippen LogP contribution < -0.4 is 4.90 Å². The Kier molecular flexibility index (Phi) is 6.03. The molecule has 0 saturated heterocycles. The van der Waals surface area contributed by atoms with Gasteiger partial charge >= 0.3 is 0 Å². The molecule has 1 aromatic rings. The highest BCUT2D eigenvalue weighted by Crippen LogP contribution is 2.13. The molecule has 0 spiro atoms. The van der Waals surface area contributed by atoms with Crippen molar-refractivity contribution in [3.8, 4) is 0 Å². The van der Waals surface area contributed by atoms with Crippen molar-refractivity contribution in [2.24, 2.45) is 0 Å². The van der Waals surface area contributed by atoms with E-state index in [1.165, 1.54) is 19.3 Å². The lowest BCUT2D eigenvalue weighted by Gasteiger charge is -2.17. The van der Waals surface area contributed by atoms with E-state index in [2.05, 4.69) is 32.9 Å². The first-order chi connectivity index (χ1) is 7.24. The predicted molar refractivity (Wildman–Crippen MR) is 70.2 cm³/mol. The Labute approximate surface area is 105 Å². The Bertz CT molecular complexity index is 276. The zero-order valence-electron chi connectivity index (χ0n) is 8.92. The van der Waals surface area contributed by atoms with Crippen molar-refractivity contribution in [2.45, 2.75) is 19.3 Å². The van der Waals surface area contributed by atoms with Crippen molar-refractivity contribution in [2.75, 3.05) is 23.8 Å². The molecule has 0 aliphatic carbocycles. The van der Waals surface area contributed by atoms with Crippen LogP contribution in [0.5, 0.6) is 0 Å². The van der Waals surface area contributed by atoms with Crippen molar-refractivity contribution in [1.82, 2.24) is 4.98 Å². The first-order valence-corrected chi connectivity index (χ1v) is 6.62. The van der Waals surface area contributed by atoms with E-state index in [0.717, 1.165) is 17.7 Å². The third kappa shape index (κ3) is 4.85. The van der Waals surface area contributed by atoms with Crippen LogP contribution >= 0.6 is 27.5 Å². The molecule has 0 fully saturated rings. The minimum atomic E-state index is 0.687. The van der Waals surface area contributed by atoms with Gasteiger partial charge in [0, 0.05) is 25.1 Å². The van der Waals surface area contributed by atoms with E-state index in [4.69, 9.17) is 11.6 Å². The summed E-state index contributed by atoms with van der Waals surface area (Å²) in [6.07, 6.45) is 5.38. The van der Waals surface area contributed by atoms with Crippen molar-refractivity contribution in [3.05, 3.63) is 23.4 Å². The molecular formula is C11H16BrClN2. The molecular weight excluding hydrogens is 275 g/mol. The van der Waals surface area contributed by atoms with E-state index >= 15 is 0 Å². The molecule has 0 saturated carbocycles.